The highest BCUT2D eigenvalue weighted by atomic mass is 16.3. The summed E-state index contributed by atoms with van der Waals surface area (Å²) in [4.78, 5) is 34.4. The van der Waals surface area contributed by atoms with Gasteiger partial charge in [0.25, 0.3) is 11.5 Å². The highest BCUT2D eigenvalue weighted by molar-refractivity contribution is 5.94. The molecule has 0 fully saturated rings. The van der Waals surface area contributed by atoms with Gasteiger partial charge >= 0.3 is 0 Å². The quantitative estimate of drug-likeness (QED) is 0.735. The first-order valence-electron chi connectivity index (χ1n) is 8.79. The molecular weight excluding hydrogens is 342 g/mol. The van der Waals surface area contributed by atoms with Crippen molar-refractivity contribution in [2.45, 2.75) is 19.9 Å². The van der Waals surface area contributed by atoms with Crippen LogP contribution >= 0.6 is 0 Å². The zero-order valence-corrected chi connectivity index (χ0v) is 14.9. The van der Waals surface area contributed by atoms with Crippen LogP contribution in [0.25, 0.3) is 11.4 Å². The maximum absolute atomic E-state index is 12.8. The number of carbonyl (C=O) groups is 1. The van der Waals surface area contributed by atoms with E-state index in [1.54, 1.807) is 24.0 Å². The number of hydrogen-bond acceptors (Lipinski definition) is 4. The van der Waals surface area contributed by atoms with Crippen molar-refractivity contribution in [1.29, 1.82) is 0 Å². The summed E-state index contributed by atoms with van der Waals surface area (Å²) in [5.41, 5.74) is 3.06. The Balaban J connectivity index is 1.66. The maximum Gasteiger partial charge on any atom is 0.254 e. The number of aromatic hydroxyl groups is 1. The first-order chi connectivity index (χ1) is 13.0. The molecule has 0 aliphatic carbocycles. The van der Waals surface area contributed by atoms with Crippen molar-refractivity contribution in [3.8, 4) is 17.1 Å². The van der Waals surface area contributed by atoms with Crippen LogP contribution in [0, 0.1) is 6.92 Å². The molecule has 4 rings (SSSR count). The number of fused-ring (bicyclic) bond motifs is 1. The molecule has 1 aliphatic heterocycles. The summed E-state index contributed by atoms with van der Waals surface area (Å²) in [6, 6.07) is 14.3. The minimum absolute atomic E-state index is 0.0965. The molecule has 0 atom stereocenters. The first kappa shape index (κ1) is 17.0. The molecule has 2 N–H and O–H groups in total. The van der Waals surface area contributed by atoms with E-state index >= 15 is 0 Å². The van der Waals surface area contributed by atoms with E-state index in [-0.39, 0.29) is 23.8 Å². The predicted octanol–water partition coefficient (Wildman–Crippen LogP) is 2.65. The van der Waals surface area contributed by atoms with Gasteiger partial charge in [0.15, 0.2) is 0 Å². The fourth-order valence-electron chi connectivity index (χ4n) is 3.27. The van der Waals surface area contributed by atoms with Crippen molar-refractivity contribution in [3.05, 3.63) is 81.3 Å². The van der Waals surface area contributed by atoms with Crippen molar-refractivity contribution in [1.82, 2.24) is 14.9 Å². The molecule has 0 saturated heterocycles. The van der Waals surface area contributed by atoms with Crippen molar-refractivity contribution in [2.75, 3.05) is 6.54 Å². The van der Waals surface area contributed by atoms with E-state index in [4.69, 9.17) is 0 Å². The summed E-state index contributed by atoms with van der Waals surface area (Å²) < 4.78 is 0. The van der Waals surface area contributed by atoms with Gasteiger partial charge in [-0.1, -0.05) is 36.4 Å². The van der Waals surface area contributed by atoms with E-state index in [9.17, 15) is 14.7 Å². The van der Waals surface area contributed by atoms with Gasteiger partial charge in [0.2, 0.25) is 0 Å². The Morgan fingerprint density at radius 2 is 1.96 bits per heavy atom. The number of hydrogen-bond donors (Lipinski definition) is 2. The number of aromatic amines is 1. The highest BCUT2D eigenvalue weighted by Crippen LogP contribution is 2.22. The van der Waals surface area contributed by atoms with Gasteiger partial charge in [0.05, 0.1) is 12.2 Å². The Morgan fingerprint density at radius 1 is 1.19 bits per heavy atom. The molecular formula is C21H19N3O3. The van der Waals surface area contributed by atoms with Gasteiger partial charge in [0, 0.05) is 23.2 Å². The van der Waals surface area contributed by atoms with E-state index in [2.05, 4.69) is 9.97 Å². The monoisotopic (exact) mass is 361 g/mol. The SMILES string of the molecule is Cc1ccc(C(=O)N2CCc3c(nc(-c4ccccc4)[nH]c3=O)C2)cc1O. The standard InChI is InChI=1S/C21H19N3O3/c1-13-7-8-15(11-18(13)25)21(27)24-10-9-16-17(12-24)22-19(23-20(16)26)14-5-3-2-4-6-14/h2-8,11,25H,9-10,12H2,1H3,(H,22,23,26). The average molecular weight is 361 g/mol. The molecule has 3 aromatic rings. The summed E-state index contributed by atoms with van der Waals surface area (Å²) >= 11 is 0. The zero-order chi connectivity index (χ0) is 19.0. The molecule has 0 saturated carbocycles. The molecule has 1 aromatic heterocycles. The van der Waals surface area contributed by atoms with E-state index < -0.39 is 0 Å². The number of phenols is 1. The lowest BCUT2D eigenvalue weighted by molar-refractivity contribution is 0.0731. The van der Waals surface area contributed by atoms with Crippen molar-refractivity contribution >= 4 is 5.91 Å². The lowest BCUT2D eigenvalue weighted by atomic mass is 10.0. The zero-order valence-electron chi connectivity index (χ0n) is 14.9. The van der Waals surface area contributed by atoms with Crippen LogP contribution in [-0.2, 0) is 13.0 Å². The molecule has 27 heavy (non-hydrogen) atoms. The van der Waals surface area contributed by atoms with Gasteiger partial charge < -0.3 is 15.0 Å². The second kappa shape index (κ2) is 6.72. The minimum atomic E-state index is -0.181. The number of nitrogens with zero attached hydrogens (tertiary/aromatic N) is 2. The van der Waals surface area contributed by atoms with Crippen molar-refractivity contribution in [2.24, 2.45) is 0 Å². The van der Waals surface area contributed by atoms with Gasteiger partial charge in [-0.15, -0.1) is 0 Å². The number of aryl methyl sites for hydroxylation is 1. The minimum Gasteiger partial charge on any atom is -0.508 e. The van der Waals surface area contributed by atoms with Gasteiger partial charge in [-0.3, -0.25) is 9.59 Å². The summed E-state index contributed by atoms with van der Waals surface area (Å²) in [5.74, 6) is 0.417. The molecule has 6 heteroatoms. The Bertz CT molecular complexity index is 1070. The largest absolute Gasteiger partial charge is 0.508 e. The number of nitrogens with one attached hydrogen (secondary N) is 1. The normalized spacial score (nSPS) is 13.3. The number of phenolic OH excluding ortho intramolecular Hbond substituents is 1. The Kier molecular flexibility index (Phi) is 4.24. The van der Waals surface area contributed by atoms with Crippen LogP contribution in [-0.4, -0.2) is 32.4 Å². The maximum atomic E-state index is 12.8. The number of benzene rings is 2. The fourth-order valence-corrected chi connectivity index (χ4v) is 3.27. The van der Waals surface area contributed by atoms with Crippen LogP contribution in [0.4, 0.5) is 0 Å². The predicted molar refractivity (Wildman–Crippen MR) is 102 cm³/mol. The summed E-state index contributed by atoms with van der Waals surface area (Å²) in [7, 11) is 0. The topological polar surface area (TPSA) is 86.3 Å². The number of amides is 1. The molecule has 2 heterocycles. The van der Waals surface area contributed by atoms with Crippen molar-refractivity contribution in [3.63, 3.8) is 0 Å². The van der Waals surface area contributed by atoms with E-state index in [1.165, 1.54) is 6.07 Å². The van der Waals surface area contributed by atoms with Crippen molar-refractivity contribution < 1.29 is 9.90 Å². The number of H-pyrrole nitrogens is 1. The molecule has 0 radical (unpaired) electrons. The van der Waals surface area contributed by atoms with Crippen LogP contribution < -0.4 is 5.56 Å². The van der Waals surface area contributed by atoms with E-state index in [0.717, 1.165) is 11.1 Å². The number of aromatic nitrogens is 2. The van der Waals surface area contributed by atoms with Gasteiger partial charge in [-0.05, 0) is 31.0 Å². The fraction of sp³-hybridized carbons (Fsp3) is 0.190. The average Bonchev–Trinajstić information content (AvgIpc) is 2.69. The van der Waals surface area contributed by atoms with E-state index in [1.807, 2.05) is 30.3 Å². The summed E-state index contributed by atoms with van der Waals surface area (Å²) in [6.45, 7) is 2.49. The molecule has 0 unspecified atom stereocenters. The third-order valence-electron chi connectivity index (χ3n) is 4.86. The Labute approximate surface area is 156 Å². The molecule has 2 aromatic carbocycles. The van der Waals surface area contributed by atoms with Crippen LogP contribution in [0.3, 0.4) is 0 Å². The summed E-state index contributed by atoms with van der Waals surface area (Å²) in [6.07, 6.45) is 0.455. The molecule has 1 amide bonds. The number of rotatable bonds is 2. The van der Waals surface area contributed by atoms with E-state index in [0.29, 0.717) is 35.6 Å². The second-order valence-corrected chi connectivity index (χ2v) is 6.68. The first-order valence-corrected chi connectivity index (χ1v) is 8.79. The van der Waals surface area contributed by atoms with Crippen LogP contribution in [0.1, 0.15) is 27.2 Å². The lowest BCUT2D eigenvalue weighted by Gasteiger charge is -2.28. The molecule has 6 nitrogen and oxygen atoms in total. The van der Waals surface area contributed by atoms with Crippen LogP contribution in [0.15, 0.2) is 53.3 Å². The van der Waals surface area contributed by atoms with Crippen LogP contribution in [0.5, 0.6) is 5.75 Å². The summed E-state index contributed by atoms with van der Waals surface area (Å²) in [5, 5.41) is 9.88. The Hall–Kier alpha value is -3.41. The molecule has 1 aliphatic rings. The second-order valence-electron chi connectivity index (χ2n) is 6.68. The third kappa shape index (κ3) is 3.21. The third-order valence-corrected chi connectivity index (χ3v) is 4.86. The molecule has 0 bridgehead atoms. The van der Waals surface area contributed by atoms with Gasteiger partial charge in [0.1, 0.15) is 11.6 Å². The van der Waals surface area contributed by atoms with Gasteiger partial charge in [-0.2, -0.15) is 0 Å². The molecule has 136 valence electrons. The van der Waals surface area contributed by atoms with Crippen LogP contribution in [0.2, 0.25) is 0 Å². The number of carbonyl (C=O) groups excluding carboxylic acids is 1. The smallest absolute Gasteiger partial charge is 0.254 e. The highest BCUT2D eigenvalue weighted by Gasteiger charge is 2.25. The lowest BCUT2D eigenvalue weighted by Crippen LogP contribution is -2.39. The van der Waals surface area contributed by atoms with Gasteiger partial charge in [-0.25, -0.2) is 4.98 Å². The Morgan fingerprint density at radius 3 is 2.70 bits per heavy atom. The molecule has 0 spiro atoms.